The van der Waals surface area contributed by atoms with E-state index in [4.69, 9.17) is 10.2 Å². The van der Waals surface area contributed by atoms with Gasteiger partial charge in [0.05, 0.1) is 0 Å². The van der Waals surface area contributed by atoms with Crippen LogP contribution in [0.1, 0.15) is 80.1 Å². The van der Waals surface area contributed by atoms with Crippen LogP contribution in [0.5, 0.6) is 11.5 Å². The third kappa shape index (κ3) is 25.3. The van der Waals surface area contributed by atoms with E-state index in [1.54, 1.807) is 48.5 Å². The summed E-state index contributed by atoms with van der Waals surface area (Å²) in [5.41, 5.74) is 0. The second kappa shape index (κ2) is 26.9. The van der Waals surface area contributed by atoms with Gasteiger partial charge in [-0.05, 0) is 60.5 Å². The van der Waals surface area contributed by atoms with E-state index < -0.39 is 16.6 Å². The molecule has 0 unspecified atom stereocenters. The molecule has 0 aliphatic rings. The number of rotatable bonds is 12. The molecule has 0 spiro atoms. The van der Waals surface area contributed by atoms with Gasteiger partial charge >= 0.3 is 0 Å². The Labute approximate surface area is 250 Å². The molecule has 0 saturated heterocycles. The van der Waals surface area contributed by atoms with E-state index in [0.717, 1.165) is 74.8 Å². The Hall–Kier alpha value is -0.723. The number of para-hydroxylation sites is 2. The quantitative estimate of drug-likeness (QED) is 0.177. The van der Waals surface area contributed by atoms with E-state index >= 15 is 0 Å². The van der Waals surface area contributed by atoms with Crippen LogP contribution in [0.4, 0.5) is 0 Å². The van der Waals surface area contributed by atoms with Crippen LogP contribution in [0.25, 0.3) is 0 Å². The number of benzene rings is 2. The van der Waals surface area contributed by atoms with Crippen molar-refractivity contribution in [3.8, 4) is 11.5 Å². The van der Waals surface area contributed by atoms with Crippen molar-refractivity contribution in [2.75, 3.05) is 0 Å². The zero-order valence-corrected chi connectivity index (χ0v) is 29.0. The molecule has 2 aromatic carbocycles. The summed E-state index contributed by atoms with van der Waals surface area (Å²) in [7, 11) is -3.50. The van der Waals surface area contributed by atoms with Crippen LogP contribution in [0.15, 0.2) is 60.7 Å². The van der Waals surface area contributed by atoms with E-state index in [9.17, 15) is 9.59 Å². The molecule has 0 atom stereocenters. The van der Waals surface area contributed by atoms with Crippen molar-refractivity contribution in [2.24, 2.45) is 0 Å². The Morgan fingerprint density at radius 2 is 0.622 bits per heavy atom. The third-order valence-corrected chi connectivity index (χ3v) is 14.4. The average Bonchev–Trinajstić information content (AvgIpc) is 2.82. The number of phenolic OH excluding ortho intramolecular Hbond substituents is 2. The molecule has 2 aromatic rings. The van der Waals surface area contributed by atoms with Gasteiger partial charge in [-0.15, -0.1) is 0 Å². The molecule has 0 bridgehead atoms. The minimum absolute atomic E-state index is 0. The summed E-state index contributed by atoms with van der Waals surface area (Å²) in [5, 5.41) is 17.3. The molecule has 37 heavy (non-hydrogen) atoms. The van der Waals surface area contributed by atoms with E-state index in [0.29, 0.717) is 11.5 Å². The van der Waals surface area contributed by atoms with Gasteiger partial charge in [0, 0.05) is 26.2 Å². The summed E-state index contributed by atoms with van der Waals surface area (Å²) in [6, 6.07) is 24.1. The van der Waals surface area contributed by atoms with Crippen molar-refractivity contribution in [3.05, 3.63) is 60.7 Å². The molecule has 0 amide bonds. The molecule has 7 heteroatoms. The summed E-state index contributed by atoms with van der Waals surface area (Å²) >= 11 is 0. The van der Waals surface area contributed by atoms with Crippen LogP contribution < -0.4 is 0 Å². The Kier molecular flexibility index (Phi) is 29.6. The molecule has 0 saturated carbocycles. The summed E-state index contributed by atoms with van der Waals surface area (Å²) < 4.78 is 0. The first-order valence-electron chi connectivity index (χ1n) is 14.1. The summed E-state index contributed by atoms with van der Waals surface area (Å²) in [4.78, 5) is 20.3. The maximum atomic E-state index is 10.2. The Balaban J connectivity index is -0.000000420. The molecule has 0 aliphatic carbocycles. The van der Waals surface area contributed by atoms with Gasteiger partial charge in [-0.2, -0.15) is 0 Å². The van der Waals surface area contributed by atoms with Crippen LogP contribution >= 0.6 is 0 Å². The van der Waals surface area contributed by atoms with E-state index in [-0.39, 0.29) is 26.2 Å². The minimum Gasteiger partial charge on any atom is -0.508 e. The average molecular weight is 628 g/mol. The second-order valence-electron chi connectivity index (χ2n) is 9.62. The molecular formula is C30H56O4Si2Zr. The van der Waals surface area contributed by atoms with Gasteiger partial charge in [0.2, 0.25) is 0 Å². The van der Waals surface area contributed by atoms with Crippen LogP contribution in [-0.2, 0) is 26.2 Å². The van der Waals surface area contributed by atoms with Crippen molar-refractivity contribution in [3.63, 3.8) is 0 Å². The number of hydrogen-bond donors (Lipinski definition) is 4. The van der Waals surface area contributed by atoms with Gasteiger partial charge in [0.15, 0.2) is 16.6 Å². The second-order valence-corrected chi connectivity index (χ2v) is 17.5. The zero-order chi connectivity index (χ0) is 27.7. The third-order valence-electron chi connectivity index (χ3n) is 5.80. The monoisotopic (exact) mass is 626 g/mol. The number of hydrogen-bond acceptors (Lipinski definition) is 4. The van der Waals surface area contributed by atoms with Crippen molar-refractivity contribution in [2.45, 2.75) is 116 Å². The summed E-state index contributed by atoms with van der Waals surface area (Å²) in [6.45, 7) is 13.0. The molecule has 0 aliphatic heterocycles. The maximum absolute atomic E-state index is 10.2. The first kappa shape index (κ1) is 40.8. The predicted octanol–water partition coefficient (Wildman–Crippen LogP) is 9.09. The molecule has 0 fully saturated rings. The Morgan fingerprint density at radius 3 is 0.730 bits per heavy atom. The fourth-order valence-corrected chi connectivity index (χ4v) is 11.5. The first-order chi connectivity index (χ1) is 17.2. The molecule has 0 heterocycles. The van der Waals surface area contributed by atoms with Crippen molar-refractivity contribution in [1.82, 2.24) is 0 Å². The predicted molar refractivity (Wildman–Crippen MR) is 163 cm³/mol. The smallest absolute Gasteiger partial charge is 0.188 e. The molecule has 4 nitrogen and oxygen atoms in total. The molecule has 0 aromatic heterocycles. The molecule has 2 rings (SSSR count). The van der Waals surface area contributed by atoms with Crippen LogP contribution in [0.2, 0.25) is 36.3 Å². The standard InChI is InChI=1S/2C9H22OSi.2C6H6O.Zr/c2*1-4-7-11(10,8-5-2)9-6-3;2*7-6-4-2-1-3-5-6;/h2*10H,4-9H2,1-3H3;2*1-5,7H;. The molecular weight excluding hydrogens is 572 g/mol. The topological polar surface area (TPSA) is 80.9 Å². The van der Waals surface area contributed by atoms with Crippen LogP contribution in [0, 0.1) is 0 Å². The Morgan fingerprint density at radius 1 is 0.432 bits per heavy atom. The van der Waals surface area contributed by atoms with E-state index in [1.165, 1.54) is 0 Å². The zero-order valence-electron chi connectivity index (χ0n) is 24.5. The first-order valence-corrected chi connectivity index (χ1v) is 19.2. The van der Waals surface area contributed by atoms with Crippen molar-refractivity contribution < 1.29 is 46.0 Å². The van der Waals surface area contributed by atoms with Gasteiger partial charge in [-0.1, -0.05) is 116 Å². The van der Waals surface area contributed by atoms with Gasteiger partial charge in [0.25, 0.3) is 0 Å². The van der Waals surface area contributed by atoms with Gasteiger partial charge in [0.1, 0.15) is 11.5 Å². The molecule has 4 N–H and O–H groups in total. The van der Waals surface area contributed by atoms with Crippen LogP contribution in [0.3, 0.4) is 0 Å². The van der Waals surface area contributed by atoms with Crippen molar-refractivity contribution in [1.29, 1.82) is 0 Å². The summed E-state index contributed by atoms with van der Waals surface area (Å²) in [6.07, 6.45) is 6.93. The SMILES string of the molecule is CCC[Si](O)(CCC)CCC.CCC[Si](O)(CCC)CCC.Oc1ccccc1.Oc1ccccc1.[Zr]. The van der Waals surface area contributed by atoms with Gasteiger partial charge < -0.3 is 19.8 Å². The summed E-state index contributed by atoms with van der Waals surface area (Å²) in [5.74, 6) is 0.644. The normalized spacial score (nSPS) is 10.4. The molecule has 212 valence electrons. The van der Waals surface area contributed by atoms with Gasteiger partial charge in [-0.3, -0.25) is 0 Å². The maximum Gasteiger partial charge on any atom is 0.188 e. The van der Waals surface area contributed by atoms with Crippen molar-refractivity contribution >= 4 is 16.6 Å². The Bertz CT molecular complexity index is 610. The van der Waals surface area contributed by atoms with E-state index in [1.807, 2.05) is 12.1 Å². The largest absolute Gasteiger partial charge is 0.508 e. The van der Waals surface area contributed by atoms with Crippen LogP contribution in [-0.4, -0.2) is 36.4 Å². The fourth-order valence-electron chi connectivity index (χ4n) is 4.40. The molecule has 0 radical (unpaired) electrons. The van der Waals surface area contributed by atoms with Gasteiger partial charge in [-0.25, -0.2) is 0 Å². The van der Waals surface area contributed by atoms with E-state index in [2.05, 4.69) is 41.5 Å². The fraction of sp³-hybridized carbons (Fsp3) is 0.600. The minimum atomic E-state index is -1.75. The number of aromatic hydroxyl groups is 2. The number of phenols is 2.